The molecule has 2 amide bonds. The van der Waals surface area contributed by atoms with Gasteiger partial charge in [0.05, 0.1) is 18.1 Å². The molecule has 0 aliphatic carbocycles. The summed E-state index contributed by atoms with van der Waals surface area (Å²) in [7, 11) is -4.01. The van der Waals surface area contributed by atoms with Crippen LogP contribution in [0.3, 0.4) is 0 Å². The van der Waals surface area contributed by atoms with Gasteiger partial charge in [0.2, 0.25) is 14.2 Å². The number of carbonyl (C=O) groups is 2. The quantitative estimate of drug-likeness (QED) is 0.131. The molecule has 7 nitrogen and oxygen atoms in total. The van der Waals surface area contributed by atoms with E-state index < -0.39 is 52.7 Å². The fourth-order valence-corrected chi connectivity index (χ4v) is 8.12. The van der Waals surface area contributed by atoms with Crippen molar-refractivity contribution in [1.29, 1.82) is 0 Å². The maximum absolute atomic E-state index is 15.0. The van der Waals surface area contributed by atoms with Crippen molar-refractivity contribution in [3.63, 3.8) is 0 Å². The molecule has 50 heavy (non-hydrogen) atoms. The Morgan fingerprint density at radius 1 is 0.800 bits per heavy atom. The third-order valence-electron chi connectivity index (χ3n) is 8.32. The van der Waals surface area contributed by atoms with Crippen LogP contribution >= 0.6 is 0 Å². The maximum atomic E-state index is 15.0. The third-order valence-corrected chi connectivity index (χ3v) is 10.2. The molecule has 0 bridgehead atoms. The summed E-state index contributed by atoms with van der Waals surface area (Å²) in [5, 5.41) is 3.50. The van der Waals surface area contributed by atoms with Gasteiger partial charge >= 0.3 is 6.09 Å². The van der Waals surface area contributed by atoms with Crippen LogP contribution in [-0.4, -0.2) is 40.1 Å². The number of nitrogens with one attached hydrogen (secondary N) is 1. The number of halogens is 2. The fourth-order valence-electron chi connectivity index (χ4n) is 6.16. The Morgan fingerprint density at radius 2 is 1.38 bits per heavy atom. The van der Waals surface area contributed by atoms with Gasteiger partial charge in [-0.3, -0.25) is 4.79 Å². The average Bonchev–Trinajstić information content (AvgIpc) is 3.45. The van der Waals surface area contributed by atoms with Crippen molar-refractivity contribution in [1.82, 2.24) is 4.90 Å². The van der Waals surface area contributed by atoms with E-state index >= 15 is 0 Å². The first-order valence-corrected chi connectivity index (χ1v) is 23.8. The number of hydrogen-bond acceptors (Lipinski definition) is 6. The monoisotopic (exact) mass is 716 g/mol. The smallest absolute Gasteiger partial charge is 0.417 e. The van der Waals surface area contributed by atoms with E-state index in [1.807, 2.05) is 54.6 Å². The Hall–Kier alpha value is -4.33. The predicted molar refractivity (Wildman–Crippen MR) is 197 cm³/mol. The molecular formula is C39H46F2N2O5Si2. The summed E-state index contributed by atoms with van der Waals surface area (Å²) in [5.74, 6) is -1.23. The SMILES string of the molecule is C[Si](C)(C)Oc1ccc([C@@H](Nc2ccc(F)cc2)[C@@H](CC[C@H](O[Si](C)(C)C)c2ccc(F)cc2)C(=O)N2C(=O)OC[C@@H]2c2ccccc2)cc1. The number of carbonyl (C=O) groups excluding carboxylic acids is 2. The number of amides is 2. The van der Waals surface area contributed by atoms with Crippen LogP contribution in [0.25, 0.3) is 0 Å². The summed E-state index contributed by atoms with van der Waals surface area (Å²) in [5.41, 5.74) is 2.98. The van der Waals surface area contributed by atoms with Crippen LogP contribution in [0.15, 0.2) is 103 Å². The highest BCUT2D eigenvalue weighted by atomic mass is 28.4. The molecule has 0 saturated carbocycles. The number of cyclic esters (lactones) is 1. The molecule has 4 aromatic rings. The van der Waals surface area contributed by atoms with Gasteiger partial charge < -0.3 is 18.9 Å². The number of ether oxygens (including phenoxy) is 1. The number of hydrogen-bond donors (Lipinski definition) is 1. The van der Waals surface area contributed by atoms with Crippen molar-refractivity contribution in [3.8, 4) is 5.75 Å². The van der Waals surface area contributed by atoms with Crippen molar-refractivity contribution in [2.75, 3.05) is 11.9 Å². The number of benzene rings is 4. The third kappa shape index (κ3) is 9.89. The summed E-state index contributed by atoms with van der Waals surface area (Å²) < 4.78 is 46.3. The molecule has 0 unspecified atom stereocenters. The average molecular weight is 717 g/mol. The molecule has 1 N–H and O–H groups in total. The van der Waals surface area contributed by atoms with Gasteiger partial charge in [-0.1, -0.05) is 54.6 Å². The molecule has 1 saturated heterocycles. The lowest BCUT2D eigenvalue weighted by atomic mass is 9.85. The van der Waals surface area contributed by atoms with E-state index in [2.05, 4.69) is 44.6 Å². The molecule has 0 radical (unpaired) electrons. The van der Waals surface area contributed by atoms with Crippen LogP contribution in [0.2, 0.25) is 39.3 Å². The number of anilines is 1. The number of imide groups is 1. The van der Waals surface area contributed by atoms with Crippen LogP contribution in [0.4, 0.5) is 19.3 Å². The zero-order valence-electron chi connectivity index (χ0n) is 29.5. The molecule has 0 spiro atoms. The van der Waals surface area contributed by atoms with Gasteiger partial charge in [0.15, 0.2) is 8.32 Å². The zero-order chi connectivity index (χ0) is 36.1. The lowest BCUT2D eigenvalue weighted by molar-refractivity contribution is -0.134. The zero-order valence-corrected chi connectivity index (χ0v) is 31.5. The van der Waals surface area contributed by atoms with Gasteiger partial charge in [0.25, 0.3) is 0 Å². The van der Waals surface area contributed by atoms with E-state index in [-0.39, 0.29) is 18.2 Å². The van der Waals surface area contributed by atoms with Gasteiger partial charge in [-0.25, -0.2) is 18.5 Å². The molecule has 1 aliphatic heterocycles. The van der Waals surface area contributed by atoms with Gasteiger partial charge in [0.1, 0.15) is 30.0 Å². The highest BCUT2D eigenvalue weighted by Crippen LogP contribution is 2.39. The van der Waals surface area contributed by atoms with E-state index in [0.717, 1.165) is 22.4 Å². The molecule has 4 atom stereocenters. The first kappa shape index (κ1) is 36.9. The Kier molecular flexibility index (Phi) is 11.6. The lowest BCUT2D eigenvalue weighted by Gasteiger charge is -2.34. The van der Waals surface area contributed by atoms with E-state index in [4.69, 9.17) is 13.6 Å². The minimum Gasteiger partial charge on any atom is -0.544 e. The number of rotatable bonds is 14. The van der Waals surface area contributed by atoms with Crippen LogP contribution in [-0.2, 0) is 14.0 Å². The minimum atomic E-state index is -2.12. The van der Waals surface area contributed by atoms with Crippen molar-refractivity contribution in [3.05, 3.63) is 131 Å². The standard InChI is InChI=1S/C39H46F2N2O5Si2/c1-49(2,3)47-33-22-14-29(15-23-33)37(42-32-20-18-31(41)19-21-32)34(24-25-36(48-50(4,5)6)28-12-16-30(40)17-13-28)38(44)43-35(26-46-39(43)45)27-10-8-7-9-11-27/h7-23,34-37,42H,24-26H2,1-6H3/t34-,35-,36+,37-/m1/s1. The molecule has 5 rings (SSSR count). The van der Waals surface area contributed by atoms with Crippen molar-refractivity contribution < 1.29 is 32.0 Å². The van der Waals surface area contributed by atoms with Gasteiger partial charge in [0, 0.05) is 5.69 Å². The Balaban J connectivity index is 1.58. The van der Waals surface area contributed by atoms with Gasteiger partial charge in [-0.2, -0.15) is 0 Å². The predicted octanol–water partition coefficient (Wildman–Crippen LogP) is 10.0. The normalized spacial score (nSPS) is 16.8. The van der Waals surface area contributed by atoms with Crippen molar-refractivity contribution >= 4 is 34.3 Å². The second-order valence-corrected chi connectivity index (χ2v) is 23.5. The van der Waals surface area contributed by atoms with Crippen LogP contribution in [0.1, 0.15) is 47.7 Å². The number of nitrogens with zero attached hydrogens (tertiary/aromatic N) is 1. The van der Waals surface area contributed by atoms with E-state index in [1.165, 1.54) is 29.2 Å². The molecular weight excluding hydrogens is 671 g/mol. The fraction of sp³-hybridized carbons (Fsp3) is 0.333. The molecule has 0 aromatic heterocycles. The second-order valence-electron chi connectivity index (χ2n) is 14.6. The largest absolute Gasteiger partial charge is 0.544 e. The molecule has 264 valence electrons. The van der Waals surface area contributed by atoms with Crippen molar-refractivity contribution in [2.24, 2.45) is 5.92 Å². The molecule has 11 heteroatoms. The Labute approximate surface area is 295 Å². The van der Waals surface area contributed by atoms with Crippen molar-refractivity contribution in [2.45, 2.75) is 70.3 Å². The van der Waals surface area contributed by atoms with E-state index in [1.54, 1.807) is 24.3 Å². The summed E-state index contributed by atoms with van der Waals surface area (Å²) in [6.45, 7) is 12.6. The molecule has 1 aliphatic rings. The van der Waals surface area contributed by atoms with Crippen LogP contribution in [0.5, 0.6) is 5.75 Å². The van der Waals surface area contributed by atoms with Gasteiger partial charge in [-0.15, -0.1) is 0 Å². The lowest BCUT2D eigenvalue weighted by Crippen LogP contribution is -2.42. The second kappa shape index (κ2) is 15.7. The first-order chi connectivity index (χ1) is 23.7. The van der Waals surface area contributed by atoms with Gasteiger partial charge in [-0.05, 0) is 117 Å². The first-order valence-electron chi connectivity index (χ1n) is 17.0. The Morgan fingerprint density at radius 3 is 1.96 bits per heavy atom. The minimum absolute atomic E-state index is 0.0387. The van der Waals surface area contributed by atoms with E-state index in [9.17, 15) is 18.4 Å². The molecule has 1 fully saturated rings. The summed E-state index contributed by atoms with van der Waals surface area (Å²) in [4.78, 5) is 29.6. The molecule has 1 heterocycles. The molecule has 4 aromatic carbocycles. The highest BCUT2D eigenvalue weighted by Gasteiger charge is 2.44. The maximum Gasteiger partial charge on any atom is 0.417 e. The summed E-state index contributed by atoms with van der Waals surface area (Å²) in [6, 6.07) is 27.9. The van der Waals surface area contributed by atoms with Crippen LogP contribution in [0, 0.1) is 17.6 Å². The highest BCUT2D eigenvalue weighted by molar-refractivity contribution is 6.70. The van der Waals surface area contributed by atoms with E-state index in [0.29, 0.717) is 18.5 Å². The topological polar surface area (TPSA) is 77.1 Å². The summed E-state index contributed by atoms with van der Waals surface area (Å²) in [6.07, 6.45) is -0.430. The van der Waals surface area contributed by atoms with Crippen LogP contribution < -0.4 is 9.74 Å². The summed E-state index contributed by atoms with van der Waals surface area (Å²) >= 11 is 0. The Bertz CT molecular complexity index is 1730.